The molecule has 0 atom stereocenters. The van der Waals surface area contributed by atoms with Crippen LogP contribution in [0.15, 0.2) is 115 Å². The lowest BCUT2D eigenvalue weighted by atomic mass is 9.90. The molecule has 8 rings (SSSR count). The first-order valence-corrected chi connectivity index (χ1v) is 17.5. The molecule has 2 aliphatic carbocycles. The molecule has 0 saturated heterocycles. The molecular weight excluding hydrogens is 732 g/mol. The van der Waals surface area contributed by atoms with Crippen molar-refractivity contribution >= 4 is 56.4 Å². The molecule has 0 bridgehead atoms. The Hall–Kier alpha value is -7.98. The number of rotatable bonds is 9. The van der Waals surface area contributed by atoms with E-state index in [1.165, 1.54) is 36.4 Å². The monoisotopic (exact) mass is 760 g/mol. The molecule has 0 fully saturated rings. The number of hydrogen-bond donors (Lipinski definition) is 4. The van der Waals surface area contributed by atoms with Gasteiger partial charge in [0, 0.05) is 81.5 Å². The number of phenols is 1. The number of aromatic hydroxyl groups is 1. The lowest BCUT2D eigenvalue weighted by Crippen LogP contribution is -2.28. The summed E-state index contributed by atoms with van der Waals surface area (Å²) in [6.45, 7) is 0.148. The molecule has 4 aliphatic rings. The van der Waals surface area contributed by atoms with E-state index in [1.54, 1.807) is 65.6 Å². The van der Waals surface area contributed by atoms with Crippen molar-refractivity contribution in [1.82, 2.24) is 4.98 Å². The van der Waals surface area contributed by atoms with Crippen molar-refractivity contribution in [1.29, 1.82) is 0 Å². The van der Waals surface area contributed by atoms with Gasteiger partial charge in [0.2, 0.25) is 0 Å². The van der Waals surface area contributed by atoms with Crippen LogP contribution in [-0.4, -0.2) is 56.4 Å². The van der Waals surface area contributed by atoms with Crippen LogP contribution >= 0.6 is 0 Å². The zero-order chi connectivity index (χ0) is 40.0. The molecule has 4 aromatic carbocycles. The second kappa shape index (κ2) is 14.3. The van der Waals surface area contributed by atoms with Gasteiger partial charge in [0.05, 0.1) is 18.4 Å². The molecule has 4 aromatic rings. The van der Waals surface area contributed by atoms with Crippen molar-refractivity contribution in [3.05, 3.63) is 134 Å². The lowest BCUT2D eigenvalue weighted by Gasteiger charge is -2.23. The van der Waals surface area contributed by atoms with Gasteiger partial charge in [-0.15, -0.1) is 0 Å². The number of carboxylic acid groups (broad SMARTS) is 3. The van der Waals surface area contributed by atoms with Gasteiger partial charge >= 0.3 is 17.9 Å². The van der Waals surface area contributed by atoms with Crippen LogP contribution < -0.4 is 15.8 Å². The Kier molecular flexibility index (Phi) is 9.07. The first-order chi connectivity index (χ1) is 27.4. The number of nitrogens with zero attached hydrogens (tertiary/aromatic N) is 2. The number of aromatic carboxylic acids is 1. The Bertz CT molecular complexity index is 3080. The number of carbonyl (C=O) groups is 3. The topological polar surface area (TPSA) is 209 Å². The predicted octanol–water partition coefficient (Wildman–Crippen LogP) is 6.88. The maximum Gasteiger partial charge on any atom is 0.336 e. The summed E-state index contributed by atoms with van der Waals surface area (Å²) in [5, 5.41) is 40.3. The van der Waals surface area contributed by atoms with E-state index in [0.29, 0.717) is 66.5 Å². The average Bonchev–Trinajstić information content (AvgIpc) is 3.18. The van der Waals surface area contributed by atoms with Gasteiger partial charge in [-0.3, -0.25) is 19.2 Å². The number of hydrogen-bond acceptors (Lipinski definition) is 10. The van der Waals surface area contributed by atoms with E-state index in [4.69, 9.17) is 13.8 Å². The van der Waals surface area contributed by atoms with Crippen LogP contribution in [0.3, 0.4) is 0 Å². The molecule has 0 saturated carbocycles. The highest BCUT2D eigenvalue weighted by Crippen LogP contribution is 2.42. The Balaban J connectivity index is 1.18. The number of anilines is 1. The normalized spacial score (nSPS) is 11.2. The zero-order valence-electron chi connectivity index (χ0n) is 29.6. The molecule has 57 heavy (non-hydrogen) atoms. The fourth-order valence-corrected chi connectivity index (χ4v) is 6.88. The molecule has 2 aliphatic heterocycles. The molecule has 13 nitrogen and oxygen atoms in total. The SMILES string of the molecule is O=C(O)CCN(CCC(=O)O)c1ccc2nc3c4cc(C#Cc5ccc(-c6c7ccc(=O)cc-7oc7cc(O)ccc67)c(C(=O)O)c5)ccc4c(=O)cc-3oc2c1. The van der Waals surface area contributed by atoms with Crippen LogP contribution in [0.1, 0.15) is 34.3 Å². The van der Waals surface area contributed by atoms with Gasteiger partial charge in [-0.1, -0.05) is 17.9 Å². The van der Waals surface area contributed by atoms with Crippen molar-refractivity contribution in [3.63, 3.8) is 0 Å². The highest BCUT2D eigenvalue weighted by Gasteiger charge is 2.23. The summed E-state index contributed by atoms with van der Waals surface area (Å²) in [6.07, 6.45) is -0.407. The number of aliphatic carboxylic acids is 2. The maximum atomic E-state index is 13.2. The Morgan fingerprint density at radius 2 is 1.33 bits per heavy atom. The van der Waals surface area contributed by atoms with Crippen LogP contribution in [0.4, 0.5) is 5.69 Å². The predicted molar refractivity (Wildman–Crippen MR) is 210 cm³/mol. The molecule has 0 radical (unpaired) electrons. The summed E-state index contributed by atoms with van der Waals surface area (Å²) in [5.41, 5.74) is 3.55. The second-order valence-electron chi connectivity index (χ2n) is 13.3. The molecule has 13 heteroatoms. The smallest absolute Gasteiger partial charge is 0.336 e. The highest BCUT2D eigenvalue weighted by atomic mass is 16.4. The first kappa shape index (κ1) is 36.0. The molecular formula is C44H28N2O11. The summed E-state index contributed by atoms with van der Waals surface area (Å²) in [4.78, 5) is 67.0. The van der Waals surface area contributed by atoms with Crippen molar-refractivity contribution in [2.75, 3.05) is 18.0 Å². The van der Waals surface area contributed by atoms with Crippen molar-refractivity contribution < 1.29 is 43.6 Å². The minimum absolute atomic E-state index is 0.0527. The van der Waals surface area contributed by atoms with Crippen molar-refractivity contribution in [2.45, 2.75) is 12.8 Å². The summed E-state index contributed by atoms with van der Waals surface area (Å²) in [6, 6.07) is 24.8. The highest BCUT2D eigenvalue weighted by molar-refractivity contribution is 6.08. The van der Waals surface area contributed by atoms with Crippen LogP contribution in [0.2, 0.25) is 0 Å². The molecule has 4 N–H and O–H groups in total. The Labute approximate surface area is 321 Å². The van der Waals surface area contributed by atoms with Gasteiger partial charge in [0.25, 0.3) is 0 Å². The van der Waals surface area contributed by atoms with Crippen LogP contribution in [0, 0.1) is 11.8 Å². The zero-order valence-corrected chi connectivity index (χ0v) is 29.6. The van der Waals surface area contributed by atoms with E-state index >= 15 is 0 Å². The first-order valence-electron chi connectivity index (χ1n) is 17.5. The second-order valence-corrected chi connectivity index (χ2v) is 13.3. The van der Waals surface area contributed by atoms with Gasteiger partial charge in [-0.2, -0.15) is 0 Å². The van der Waals surface area contributed by atoms with Crippen LogP contribution in [0.5, 0.6) is 5.75 Å². The summed E-state index contributed by atoms with van der Waals surface area (Å²) in [7, 11) is 0. The van der Waals surface area contributed by atoms with E-state index in [2.05, 4.69) is 11.8 Å². The number of carboxylic acids is 3. The number of phenolic OH excluding ortho intramolecular Hbond substituents is 1. The van der Waals surface area contributed by atoms with Gasteiger partial charge < -0.3 is 34.2 Å². The largest absolute Gasteiger partial charge is 0.508 e. The third-order valence-corrected chi connectivity index (χ3v) is 9.53. The van der Waals surface area contributed by atoms with E-state index in [-0.39, 0.29) is 65.2 Å². The van der Waals surface area contributed by atoms with Gasteiger partial charge in [-0.25, -0.2) is 9.78 Å². The number of aromatic nitrogens is 1. The van der Waals surface area contributed by atoms with E-state index in [0.717, 1.165) is 0 Å². The van der Waals surface area contributed by atoms with E-state index in [1.807, 2.05) is 0 Å². The standard InChI is InChI=1S/C44H28N2O11/c47-26-6-10-30-36(20-26)56-37-21-27(48)7-11-31(37)42(30)29-9-4-24(18-33(29)44(54)55)2-1-23-3-8-28-32(17-23)43-39(22-35(28)49)57-38-19-25(5-12-34(38)45-43)46(15-13-40(50)51)16-14-41(52)53/h3-12,17-22,47H,13-16H2,(H,50,51)(H,52,53)(H,54,55). The molecule has 0 unspecified atom stereocenters. The van der Waals surface area contributed by atoms with Crippen LogP contribution in [-0.2, 0) is 9.59 Å². The van der Waals surface area contributed by atoms with E-state index in [9.17, 15) is 44.4 Å². The molecule has 0 spiro atoms. The quantitative estimate of drug-likeness (QED) is 0.0673. The summed E-state index contributed by atoms with van der Waals surface area (Å²) < 4.78 is 12.1. The lowest BCUT2D eigenvalue weighted by molar-refractivity contribution is -0.137. The van der Waals surface area contributed by atoms with E-state index < -0.39 is 17.9 Å². The number of fused-ring (bicyclic) bond motifs is 6. The molecule has 280 valence electrons. The van der Waals surface area contributed by atoms with Crippen molar-refractivity contribution in [3.8, 4) is 51.5 Å². The number of benzene rings is 6. The fourth-order valence-electron chi connectivity index (χ4n) is 6.88. The Morgan fingerprint density at radius 3 is 2.07 bits per heavy atom. The molecule has 0 amide bonds. The Morgan fingerprint density at radius 1 is 0.649 bits per heavy atom. The van der Waals surface area contributed by atoms with Crippen molar-refractivity contribution in [2.24, 2.45) is 0 Å². The third-order valence-electron chi connectivity index (χ3n) is 9.53. The summed E-state index contributed by atoms with van der Waals surface area (Å²) >= 11 is 0. The fraction of sp³-hybridized carbons (Fsp3) is 0.0909. The third kappa shape index (κ3) is 7.06. The maximum absolute atomic E-state index is 13.2. The van der Waals surface area contributed by atoms with Gasteiger partial charge in [-0.05, 0) is 72.3 Å². The minimum Gasteiger partial charge on any atom is -0.508 e. The average molecular weight is 761 g/mol. The molecule has 2 heterocycles. The van der Waals surface area contributed by atoms with Gasteiger partial charge in [0.1, 0.15) is 28.3 Å². The minimum atomic E-state index is -1.21. The van der Waals surface area contributed by atoms with Crippen LogP contribution in [0.25, 0.3) is 66.7 Å². The molecule has 0 aromatic heterocycles. The summed E-state index contributed by atoms with van der Waals surface area (Å²) in [5.74, 6) is 3.19. The van der Waals surface area contributed by atoms with Gasteiger partial charge in [0.15, 0.2) is 22.2 Å².